The van der Waals surface area contributed by atoms with Crippen molar-refractivity contribution in [3.63, 3.8) is 0 Å². The number of rotatable bonds is 7. The highest BCUT2D eigenvalue weighted by atomic mass is 79.9. The predicted molar refractivity (Wildman–Crippen MR) is 130 cm³/mol. The van der Waals surface area contributed by atoms with Crippen molar-refractivity contribution in [1.29, 1.82) is 5.26 Å². The van der Waals surface area contributed by atoms with Gasteiger partial charge >= 0.3 is 6.09 Å². The van der Waals surface area contributed by atoms with Crippen LogP contribution in [0.2, 0.25) is 5.02 Å². The van der Waals surface area contributed by atoms with Crippen molar-refractivity contribution in [3.05, 3.63) is 68.5 Å². The minimum absolute atomic E-state index is 0.155. The summed E-state index contributed by atoms with van der Waals surface area (Å²) < 4.78 is 1.72. The second kappa shape index (κ2) is 10.6. The number of carbonyl (C=O) groups excluding carboxylic acids is 1. The molecule has 34 heavy (non-hydrogen) atoms. The first-order valence-electron chi connectivity index (χ1n) is 10.1. The number of hydrogen-bond donors (Lipinski definition) is 3. The van der Waals surface area contributed by atoms with Crippen LogP contribution in [0, 0.1) is 25.2 Å². The minimum atomic E-state index is -1.29. The summed E-state index contributed by atoms with van der Waals surface area (Å²) in [6.07, 6.45) is 0.241. The Kier molecular flexibility index (Phi) is 7.88. The van der Waals surface area contributed by atoms with Crippen molar-refractivity contribution in [3.8, 4) is 11.9 Å². The number of aryl methyl sites for hydroxylation is 2. The number of benzene rings is 1. The van der Waals surface area contributed by atoms with Gasteiger partial charge in [0.05, 0.1) is 11.1 Å². The standard InChI is InChI=1S/C22H21BrClN7O3/c1-4-30(29-22(33)34)17(11-25)14-9-12(2)8-13(3)19(14)27-21(32)16-10-18(23)28-31(16)20-15(24)6-5-7-26-20/h5-10,17,29H,4H2,1-3H3,(H,27,32)(H,33,34). The molecule has 1 aromatic carbocycles. The molecule has 0 aliphatic rings. The van der Waals surface area contributed by atoms with Crippen molar-refractivity contribution in [1.82, 2.24) is 25.2 Å². The Morgan fingerprint density at radius 1 is 1.35 bits per heavy atom. The first-order valence-corrected chi connectivity index (χ1v) is 11.3. The largest absolute Gasteiger partial charge is 0.464 e. The maximum absolute atomic E-state index is 13.4. The van der Waals surface area contributed by atoms with Crippen LogP contribution in [-0.2, 0) is 0 Å². The predicted octanol–water partition coefficient (Wildman–Crippen LogP) is 4.62. The summed E-state index contributed by atoms with van der Waals surface area (Å²) in [5.41, 5.74) is 4.80. The molecule has 10 nitrogen and oxygen atoms in total. The zero-order chi connectivity index (χ0) is 25.0. The van der Waals surface area contributed by atoms with Gasteiger partial charge in [-0.25, -0.2) is 14.5 Å². The van der Waals surface area contributed by atoms with Crippen LogP contribution >= 0.6 is 27.5 Å². The summed E-state index contributed by atoms with van der Waals surface area (Å²) in [6.45, 7) is 5.59. The number of amides is 2. The van der Waals surface area contributed by atoms with Crippen LogP contribution in [0.4, 0.5) is 10.5 Å². The Labute approximate surface area is 209 Å². The van der Waals surface area contributed by atoms with E-state index in [9.17, 15) is 20.0 Å². The number of carbonyl (C=O) groups is 2. The monoisotopic (exact) mass is 545 g/mol. The summed E-state index contributed by atoms with van der Waals surface area (Å²) in [7, 11) is 0. The molecule has 0 fully saturated rings. The van der Waals surface area contributed by atoms with Crippen molar-refractivity contribution in [2.45, 2.75) is 26.8 Å². The van der Waals surface area contributed by atoms with Crippen LogP contribution in [0.3, 0.4) is 0 Å². The van der Waals surface area contributed by atoms with Gasteiger partial charge in [-0.1, -0.05) is 36.2 Å². The van der Waals surface area contributed by atoms with Gasteiger partial charge in [-0.05, 0) is 47.5 Å². The molecule has 0 bridgehead atoms. The minimum Gasteiger partial charge on any atom is -0.464 e. The highest BCUT2D eigenvalue weighted by molar-refractivity contribution is 9.10. The molecule has 0 radical (unpaired) electrons. The van der Waals surface area contributed by atoms with Gasteiger partial charge in [0, 0.05) is 30.1 Å². The van der Waals surface area contributed by atoms with Gasteiger partial charge in [-0.15, -0.1) is 0 Å². The number of anilines is 1. The Bertz CT molecular complexity index is 1290. The highest BCUT2D eigenvalue weighted by Gasteiger charge is 2.27. The fourth-order valence-electron chi connectivity index (χ4n) is 3.53. The van der Waals surface area contributed by atoms with Crippen LogP contribution in [0.15, 0.2) is 41.1 Å². The van der Waals surface area contributed by atoms with Gasteiger partial charge in [0.15, 0.2) is 5.82 Å². The topological polar surface area (TPSA) is 136 Å². The SMILES string of the molecule is CCN(NC(=O)O)C(C#N)c1cc(C)cc(C)c1NC(=O)c1cc(Br)nn1-c1ncccc1Cl. The lowest BCUT2D eigenvalue weighted by Gasteiger charge is -2.27. The summed E-state index contributed by atoms with van der Waals surface area (Å²) in [5, 5.41) is 27.8. The molecule has 2 amide bonds. The first kappa shape index (κ1) is 25.2. The number of nitriles is 1. The molecule has 0 spiro atoms. The van der Waals surface area contributed by atoms with Crippen molar-refractivity contribution in [2.75, 3.05) is 11.9 Å². The van der Waals surface area contributed by atoms with Gasteiger partial charge in [0.2, 0.25) is 0 Å². The van der Waals surface area contributed by atoms with E-state index in [1.165, 1.54) is 22.0 Å². The molecule has 0 saturated heterocycles. The molecule has 2 heterocycles. The third kappa shape index (κ3) is 5.36. The zero-order valence-electron chi connectivity index (χ0n) is 18.5. The fraction of sp³-hybridized carbons (Fsp3) is 0.227. The molecule has 1 unspecified atom stereocenters. The Morgan fingerprint density at radius 2 is 2.09 bits per heavy atom. The number of halogens is 2. The average molecular weight is 547 g/mol. The normalized spacial score (nSPS) is 11.7. The Morgan fingerprint density at radius 3 is 2.71 bits per heavy atom. The summed E-state index contributed by atoms with van der Waals surface area (Å²) in [4.78, 5) is 28.8. The van der Waals surface area contributed by atoms with E-state index in [0.717, 1.165) is 5.56 Å². The van der Waals surface area contributed by atoms with E-state index < -0.39 is 18.0 Å². The van der Waals surface area contributed by atoms with Crippen LogP contribution in [0.1, 0.15) is 40.1 Å². The lowest BCUT2D eigenvalue weighted by molar-refractivity contribution is 0.101. The molecular formula is C22H21BrClN7O3. The number of aromatic nitrogens is 3. The number of hydrogen-bond acceptors (Lipinski definition) is 6. The third-order valence-corrected chi connectivity index (χ3v) is 5.59. The van der Waals surface area contributed by atoms with Crippen molar-refractivity contribution < 1.29 is 14.7 Å². The number of nitrogens with one attached hydrogen (secondary N) is 2. The molecule has 2 aromatic heterocycles. The van der Waals surface area contributed by atoms with Crippen molar-refractivity contribution in [2.24, 2.45) is 0 Å². The number of carboxylic acid groups (broad SMARTS) is 1. The quantitative estimate of drug-likeness (QED) is 0.368. The van der Waals surface area contributed by atoms with E-state index in [4.69, 9.17) is 11.6 Å². The molecule has 3 N–H and O–H groups in total. The average Bonchev–Trinajstić information content (AvgIpc) is 3.17. The van der Waals surface area contributed by atoms with E-state index in [1.54, 1.807) is 32.0 Å². The molecule has 0 aliphatic heterocycles. The van der Waals surface area contributed by atoms with Gasteiger partial charge in [0.1, 0.15) is 16.3 Å². The van der Waals surface area contributed by atoms with Crippen LogP contribution in [0.5, 0.6) is 0 Å². The van der Waals surface area contributed by atoms with Gasteiger partial charge in [-0.2, -0.15) is 15.4 Å². The lowest BCUT2D eigenvalue weighted by atomic mass is 9.98. The Balaban J connectivity index is 2.07. The molecule has 1 atom stereocenters. The molecule has 3 aromatic rings. The van der Waals surface area contributed by atoms with E-state index in [-0.39, 0.29) is 18.1 Å². The maximum atomic E-state index is 13.4. The number of pyridine rings is 1. The maximum Gasteiger partial charge on any atom is 0.419 e. The lowest BCUT2D eigenvalue weighted by Crippen LogP contribution is -2.43. The highest BCUT2D eigenvalue weighted by Crippen LogP contribution is 2.32. The first-order chi connectivity index (χ1) is 16.2. The van der Waals surface area contributed by atoms with Crippen LogP contribution in [-0.4, -0.2) is 43.4 Å². The smallest absolute Gasteiger partial charge is 0.419 e. The molecule has 3 rings (SSSR count). The Hall–Kier alpha value is -3.46. The number of hydrazine groups is 1. The van der Waals surface area contributed by atoms with Gasteiger partial charge < -0.3 is 10.4 Å². The molecule has 0 saturated carbocycles. The molecule has 12 heteroatoms. The van der Waals surface area contributed by atoms with Gasteiger partial charge in [-0.3, -0.25) is 10.2 Å². The third-order valence-electron chi connectivity index (χ3n) is 4.91. The molecule has 0 aliphatic carbocycles. The second-order valence-electron chi connectivity index (χ2n) is 7.31. The molecule has 176 valence electrons. The molecular weight excluding hydrogens is 526 g/mol. The van der Waals surface area contributed by atoms with E-state index in [1.807, 2.05) is 13.0 Å². The van der Waals surface area contributed by atoms with Crippen molar-refractivity contribution >= 4 is 45.2 Å². The summed E-state index contributed by atoms with van der Waals surface area (Å²) in [6, 6.07) is 9.56. The van der Waals surface area contributed by atoms with Crippen LogP contribution < -0.4 is 10.7 Å². The zero-order valence-corrected chi connectivity index (χ0v) is 20.8. The van der Waals surface area contributed by atoms with Gasteiger partial charge in [0.25, 0.3) is 5.91 Å². The summed E-state index contributed by atoms with van der Waals surface area (Å²) >= 11 is 9.54. The fourth-order valence-corrected chi connectivity index (χ4v) is 4.11. The van der Waals surface area contributed by atoms with Crippen LogP contribution in [0.25, 0.3) is 5.82 Å². The number of nitrogens with zero attached hydrogens (tertiary/aromatic N) is 5. The summed E-state index contributed by atoms with van der Waals surface area (Å²) in [5.74, 6) is -0.238. The van der Waals surface area contributed by atoms with E-state index in [0.29, 0.717) is 26.4 Å². The van der Waals surface area contributed by atoms with E-state index >= 15 is 0 Å². The van der Waals surface area contributed by atoms with E-state index in [2.05, 4.69) is 42.8 Å². The second-order valence-corrected chi connectivity index (χ2v) is 8.53.